The molecule has 100 valence electrons. The van der Waals surface area contributed by atoms with Crippen molar-refractivity contribution in [3.63, 3.8) is 0 Å². The highest BCUT2D eigenvalue weighted by atomic mass is 16.1. The molecule has 1 N–H and O–H groups in total. The van der Waals surface area contributed by atoms with Gasteiger partial charge in [0.25, 0.3) is 0 Å². The quantitative estimate of drug-likeness (QED) is 0.740. The molecule has 2 aromatic rings. The van der Waals surface area contributed by atoms with Crippen molar-refractivity contribution < 1.29 is 4.79 Å². The van der Waals surface area contributed by atoms with Crippen molar-refractivity contribution in [2.45, 2.75) is 39.0 Å². The van der Waals surface area contributed by atoms with Crippen LogP contribution in [0.2, 0.25) is 0 Å². The summed E-state index contributed by atoms with van der Waals surface area (Å²) < 4.78 is 0. The fourth-order valence-corrected chi connectivity index (χ4v) is 2.14. The van der Waals surface area contributed by atoms with Crippen molar-refractivity contribution in [3.05, 3.63) is 59.4 Å². The molecule has 0 unspecified atom stereocenters. The number of carbonyl (C=O) groups excluding carboxylic acids is 1. The minimum Gasteiger partial charge on any atom is -0.356 e. The summed E-state index contributed by atoms with van der Waals surface area (Å²) in [5.74, 6) is 0.229. The van der Waals surface area contributed by atoms with E-state index in [-0.39, 0.29) is 5.78 Å². The van der Waals surface area contributed by atoms with Gasteiger partial charge in [-0.15, -0.1) is 0 Å². The number of rotatable bonds is 7. The number of Topliss-reactive ketones (excluding diaryl/α,β-unsaturated/α-hetero) is 1. The smallest absolute Gasteiger partial charge is 0.179 e. The van der Waals surface area contributed by atoms with Crippen molar-refractivity contribution in [1.82, 2.24) is 4.98 Å². The molecule has 2 rings (SSSR count). The van der Waals surface area contributed by atoms with Crippen molar-refractivity contribution in [2.75, 3.05) is 0 Å². The van der Waals surface area contributed by atoms with E-state index in [0.717, 1.165) is 37.1 Å². The molecule has 0 aliphatic rings. The van der Waals surface area contributed by atoms with E-state index < -0.39 is 0 Å². The zero-order valence-corrected chi connectivity index (χ0v) is 11.5. The lowest BCUT2D eigenvalue weighted by Gasteiger charge is -2.00. The second-order valence-electron chi connectivity index (χ2n) is 4.91. The van der Waals surface area contributed by atoms with Crippen LogP contribution >= 0.6 is 0 Å². The Labute approximate surface area is 114 Å². The van der Waals surface area contributed by atoms with Crippen molar-refractivity contribution >= 4 is 5.78 Å². The molecular weight excluding hydrogens is 234 g/mol. The van der Waals surface area contributed by atoms with Gasteiger partial charge in [-0.1, -0.05) is 43.7 Å². The zero-order valence-electron chi connectivity index (χ0n) is 11.5. The zero-order chi connectivity index (χ0) is 13.5. The molecule has 1 heterocycles. The third-order valence-corrected chi connectivity index (χ3v) is 3.33. The summed E-state index contributed by atoms with van der Waals surface area (Å²) in [6, 6.07) is 14.4. The van der Waals surface area contributed by atoms with Crippen molar-refractivity contribution in [3.8, 4) is 0 Å². The third kappa shape index (κ3) is 4.09. The third-order valence-electron chi connectivity index (χ3n) is 3.33. The monoisotopic (exact) mass is 255 g/mol. The number of aromatic nitrogens is 1. The van der Waals surface area contributed by atoms with E-state index in [9.17, 15) is 4.79 Å². The molecule has 0 aliphatic carbocycles. The Morgan fingerprint density at radius 3 is 2.58 bits per heavy atom. The van der Waals surface area contributed by atoms with E-state index in [1.54, 1.807) is 0 Å². The summed E-state index contributed by atoms with van der Waals surface area (Å²) in [7, 11) is 0. The van der Waals surface area contributed by atoms with E-state index >= 15 is 0 Å². The first-order valence-corrected chi connectivity index (χ1v) is 7.04. The molecule has 0 radical (unpaired) electrons. The molecule has 19 heavy (non-hydrogen) atoms. The normalized spacial score (nSPS) is 10.6. The molecule has 0 amide bonds. The van der Waals surface area contributed by atoms with E-state index in [0.29, 0.717) is 6.42 Å². The maximum atomic E-state index is 11.9. The largest absolute Gasteiger partial charge is 0.356 e. The summed E-state index contributed by atoms with van der Waals surface area (Å²) in [6.07, 6.45) is 4.63. The first kappa shape index (κ1) is 13.6. The number of aryl methyl sites for hydroxylation is 2. The molecule has 0 spiro atoms. The summed E-state index contributed by atoms with van der Waals surface area (Å²) in [5.41, 5.74) is 3.23. The second-order valence-corrected chi connectivity index (χ2v) is 4.91. The van der Waals surface area contributed by atoms with Crippen LogP contribution in [0.5, 0.6) is 0 Å². The van der Waals surface area contributed by atoms with Gasteiger partial charge in [0.05, 0.1) is 5.69 Å². The predicted molar refractivity (Wildman–Crippen MR) is 78.5 cm³/mol. The molecule has 0 atom stereocenters. The van der Waals surface area contributed by atoms with E-state index in [1.807, 2.05) is 18.2 Å². The van der Waals surface area contributed by atoms with Gasteiger partial charge in [0, 0.05) is 12.1 Å². The minimum absolute atomic E-state index is 0.229. The summed E-state index contributed by atoms with van der Waals surface area (Å²) >= 11 is 0. The lowest BCUT2D eigenvalue weighted by atomic mass is 10.1. The van der Waals surface area contributed by atoms with Crippen LogP contribution in [-0.4, -0.2) is 10.8 Å². The number of nitrogens with one attached hydrogen (secondary N) is 1. The number of unbranched alkanes of at least 4 members (excludes halogenated alkanes) is 1. The number of carbonyl (C=O) groups is 1. The topological polar surface area (TPSA) is 32.9 Å². The van der Waals surface area contributed by atoms with Crippen LogP contribution in [0, 0.1) is 0 Å². The molecule has 1 aromatic heterocycles. The molecule has 2 nitrogen and oxygen atoms in total. The number of hydrogen-bond donors (Lipinski definition) is 1. The van der Waals surface area contributed by atoms with Crippen LogP contribution in [0.25, 0.3) is 0 Å². The molecule has 0 saturated carbocycles. The Morgan fingerprint density at radius 2 is 1.84 bits per heavy atom. The highest BCUT2D eigenvalue weighted by Gasteiger charge is 2.07. The molecule has 0 aliphatic heterocycles. The highest BCUT2D eigenvalue weighted by molar-refractivity contribution is 5.94. The van der Waals surface area contributed by atoms with Gasteiger partial charge in [-0.05, 0) is 37.0 Å². The fourth-order valence-electron chi connectivity index (χ4n) is 2.14. The molecular formula is C17H21NO. The average Bonchev–Trinajstić information content (AvgIpc) is 2.92. The van der Waals surface area contributed by atoms with Gasteiger partial charge >= 0.3 is 0 Å². The van der Waals surface area contributed by atoms with Gasteiger partial charge < -0.3 is 4.98 Å². The van der Waals surface area contributed by atoms with Crippen LogP contribution in [0.15, 0.2) is 42.5 Å². The Kier molecular flexibility index (Phi) is 4.96. The molecule has 0 bridgehead atoms. The molecule has 2 heteroatoms. The van der Waals surface area contributed by atoms with Gasteiger partial charge in [-0.3, -0.25) is 4.79 Å². The Bertz CT molecular complexity index is 513. The second kappa shape index (κ2) is 6.93. The molecule has 0 saturated heterocycles. The lowest BCUT2D eigenvalue weighted by molar-refractivity contribution is 0.0975. The van der Waals surface area contributed by atoms with Gasteiger partial charge in [-0.2, -0.15) is 0 Å². The van der Waals surface area contributed by atoms with E-state index in [1.165, 1.54) is 5.56 Å². The fraction of sp³-hybridized carbons (Fsp3) is 0.353. The van der Waals surface area contributed by atoms with Crippen molar-refractivity contribution in [2.24, 2.45) is 0 Å². The summed E-state index contributed by atoms with van der Waals surface area (Å²) in [6.45, 7) is 2.10. The Hall–Kier alpha value is -1.83. The van der Waals surface area contributed by atoms with Crippen LogP contribution < -0.4 is 0 Å². The number of H-pyrrole nitrogens is 1. The molecule has 1 aromatic carbocycles. The molecule has 0 fully saturated rings. The van der Waals surface area contributed by atoms with Gasteiger partial charge in [0.2, 0.25) is 0 Å². The van der Waals surface area contributed by atoms with Gasteiger partial charge in [0.1, 0.15) is 0 Å². The Balaban J connectivity index is 1.89. The number of ketones is 1. The SMILES string of the molecule is CCCCC(=O)c1ccc(CCc2ccccc2)[nH]1. The first-order valence-electron chi connectivity index (χ1n) is 7.04. The highest BCUT2D eigenvalue weighted by Crippen LogP contribution is 2.10. The minimum atomic E-state index is 0.229. The van der Waals surface area contributed by atoms with E-state index in [4.69, 9.17) is 0 Å². The van der Waals surface area contributed by atoms with Crippen LogP contribution in [-0.2, 0) is 12.8 Å². The standard InChI is InChI=1S/C17H21NO/c1-2-3-9-17(19)16-13-12-15(18-16)11-10-14-7-5-4-6-8-14/h4-8,12-13,18H,2-3,9-11H2,1H3. The summed E-state index contributed by atoms with van der Waals surface area (Å²) in [4.78, 5) is 15.1. The number of aromatic amines is 1. The average molecular weight is 255 g/mol. The van der Waals surface area contributed by atoms with Crippen molar-refractivity contribution in [1.29, 1.82) is 0 Å². The van der Waals surface area contributed by atoms with E-state index in [2.05, 4.69) is 36.2 Å². The lowest BCUT2D eigenvalue weighted by Crippen LogP contribution is -2.00. The number of benzene rings is 1. The van der Waals surface area contributed by atoms with Gasteiger partial charge in [-0.25, -0.2) is 0 Å². The van der Waals surface area contributed by atoms with Crippen LogP contribution in [0.1, 0.15) is 47.9 Å². The van der Waals surface area contributed by atoms with Crippen LogP contribution in [0.4, 0.5) is 0 Å². The maximum Gasteiger partial charge on any atom is 0.179 e. The first-order chi connectivity index (χ1) is 9.29. The Morgan fingerprint density at radius 1 is 1.05 bits per heavy atom. The van der Waals surface area contributed by atoms with Gasteiger partial charge in [0.15, 0.2) is 5.78 Å². The van der Waals surface area contributed by atoms with Crippen LogP contribution in [0.3, 0.4) is 0 Å². The summed E-state index contributed by atoms with van der Waals surface area (Å²) in [5, 5.41) is 0. The number of hydrogen-bond acceptors (Lipinski definition) is 1. The predicted octanol–water partition coefficient (Wildman–Crippen LogP) is 4.17. The maximum absolute atomic E-state index is 11.9.